The number of hydrogen-bond acceptors (Lipinski definition) is 8. The minimum absolute atomic E-state index is 0.139. The molecule has 0 bridgehead atoms. The van der Waals surface area contributed by atoms with E-state index < -0.39 is 17.9 Å². The van der Waals surface area contributed by atoms with Crippen molar-refractivity contribution in [1.29, 1.82) is 0 Å². The van der Waals surface area contributed by atoms with Crippen molar-refractivity contribution in [2.24, 2.45) is 0 Å². The molecular formula is C15H14NO6S2-. The number of carbonyl (C=O) groups is 2. The van der Waals surface area contributed by atoms with E-state index in [2.05, 4.69) is 0 Å². The number of methoxy groups -OCH3 is 2. The summed E-state index contributed by atoms with van der Waals surface area (Å²) in [5.74, 6) is -1.71. The van der Waals surface area contributed by atoms with Crippen LogP contribution in [0.3, 0.4) is 0 Å². The van der Waals surface area contributed by atoms with Crippen molar-refractivity contribution in [3.63, 3.8) is 0 Å². The summed E-state index contributed by atoms with van der Waals surface area (Å²) in [5.41, 5.74) is 0.531. The second-order valence-electron chi connectivity index (χ2n) is 4.82. The van der Waals surface area contributed by atoms with Crippen LogP contribution in [0.5, 0.6) is 17.2 Å². The van der Waals surface area contributed by atoms with Crippen molar-refractivity contribution >= 4 is 46.3 Å². The lowest BCUT2D eigenvalue weighted by Crippen LogP contribution is -2.48. The monoisotopic (exact) mass is 368 g/mol. The van der Waals surface area contributed by atoms with E-state index in [-0.39, 0.29) is 26.5 Å². The molecule has 1 amide bonds. The van der Waals surface area contributed by atoms with Gasteiger partial charge in [-0.15, -0.1) is 0 Å². The van der Waals surface area contributed by atoms with Crippen molar-refractivity contribution in [3.05, 3.63) is 22.6 Å². The van der Waals surface area contributed by atoms with E-state index >= 15 is 0 Å². The third-order valence-corrected chi connectivity index (χ3v) is 4.68. The second-order valence-corrected chi connectivity index (χ2v) is 6.50. The smallest absolute Gasteiger partial charge is 0.266 e. The maximum atomic E-state index is 12.4. The predicted molar refractivity (Wildman–Crippen MR) is 90.7 cm³/mol. The molecule has 1 aliphatic heterocycles. The molecule has 0 radical (unpaired) electrons. The molecule has 1 N–H and O–H groups in total. The molecule has 0 unspecified atom stereocenters. The summed E-state index contributed by atoms with van der Waals surface area (Å²) < 4.78 is 10.3. The summed E-state index contributed by atoms with van der Waals surface area (Å²) >= 11 is 6.06. The number of carbonyl (C=O) groups excluding carboxylic acids is 2. The molecule has 7 nitrogen and oxygen atoms in total. The van der Waals surface area contributed by atoms with Crippen LogP contribution in [0.15, 0.2) is 17.0 Å². The van der Waals surface area contributed by atoms with Crippen LogP contribution in [0.1, 0.15) is 12.5 Å². The number of rotatable bonds is 5. The van der Waals surface area contributed by atoms with Crippen LogP contribution < -0.4 is 14.6 Å². The zero-order chi connectivity index (χ0) is 18.0. The lowest BCUT2D eigenvalue weighted by Gasteiger charge is -2.23. The van der Waals surface area contributed by atoms with Gasteiger partial charge in [-0.05, 0) is 30.7 Å². The molecule has 0 aromatic heterocycles. The number of phenolic OH excluding ortho intramolecular Hbond substituents is 1. The topological polar surface area (TPSA) is 99.1 Å². The van der Waals surface area contributed by atoms with E-state index in [0.717, 1.165) is 16.7 Å². The van der Waals surface area contributed by atoms with Crippen molar-refractivity contribution in [2.75, 3.05) is 14.2 Å². The van der Waals surface area contributed by atoms with E-state index in [1.807, 2.05) is 0 Å². The molecule has 1 fully saturated rings. The molecule has 1 saturated heterocycles. The molecule has 0 saturated carbocycles. The van der Waals surface area contributed by atoms with Crippen molar-refractivity contribution in [2.45, 2.75) is 13.0 Å². The largest absolute Gasteiger partial charge is 0.548 e. The van der Waals surface area contributed by atoms with Crippen LogP contribution >= 0.6 is 24.0 Å². The summed E-state index contributed by atoms with van der Waals surface area (Å²) in [4.78, 5) is 24.6. The average molecular weight is 368 g/mol. The van der Waals surface area contributed by atoms with Gasteiger partial charge in [0.15, 0.2) is 11.5 Å². The molecule has 24 heavy (non-hydrogen) atoms. The van der Waals surface area contributed by atoms with Crippen LogP contribution in [0, 0.1) is 0 Å². The van der Waals surface area contributed by atoms with Crippen molar-refractivity contribution in [1.82, 2.24) is 4.90 Å². The highest BCUT2D eigenvalue weighted by molar-refractivity contribution is 8.26. The van der Waals surface area contributed by atoms with E-state index in [1.165, 1.54) is 39.4 Å². The number of aliphatic carboxylic acids is 1. The summed E-state index contributed by atoms with van der Waals surface area (Å²) in [7, 11) is 2.78. The average Bonchev–Trinajstić information content (AvgIpc) is 2.81. The number of amides is 1. The molecule has 128 valence electrons. The van der Waals surface area contributed by atoms with Gasteiger partial charge in [0.25, 0.3) is 5.91 Å². The number of carboxylic acid groups (broad SMARTS) is 1. The van der Waals surface area contributed by atoms with Gasteiger partial charge in [-0.2, -0.15) is 0 Å². The minimum atomic E-state index is -1.39. The van der Waals surface area contributed by atoms with Gasteiger partial charge in [-0.3, -0.25) is 9.69 Å². The van der Waals surface area contributed by atoms with Crippen LogP contribution in [-0.4, -0.2) is 46.5 Å². The molecule has 1 aromatic carbocycles. The fourth-order valence-corrected chi connectivity index (χ4v) is 3.49. The van der Waals surface area contributed by atoms with Gasteiger partial charge in [0.1, 0.15) is 4.32 Å². The Morgan fingerprint density at radius 2 is 1.92 bits per heavy atom. The predicted octanol–water partition coefficient (Wildman–Crippen LogP) is 0.749. The van der Waals surface area contributed by atoms with E-state index in [0.29, 0.717) is 5.56 Å². The minimum Gasteiger partial charge on any atom is -0.548 e. The number of phenols is 1. The Labute approximate surface area is 147 Å². The first-order valence-electron chi connectivity index (χ1n) is 6.73. The van der Waals surface area contributed by atoms with E-state index in [9.17, 15) is 19.8 Å². The Hall–Kier alpha value is -2.26. The van der Waals surface area contributed by atoms with Gasteiger partial charge in [0, 0.05) is 0 Å². The first-order valence-corrected chi connectivity index (χ1v) is 7.95. The zero-order valence-electron chi connectivity index (χ0n) is 13.1. The Balaban J connectivity index is 2.41. The SMILES string of the molecule is COc1cc(/C=C2\SC(=S)N([C@@H](C)C(=O)[O-])C2=O)cc(OC)c1O. The number of carboxylic acids is 1. The molecule has 1 heterocycles. The van der Waals surface area contributed by atoms with E-state index in [4.69, 9.17) is 21.7 Å². The zero-order valence-corrected chi connectivity index (χ0v) is 14.7. The third-order valence-electron chi connectivity index (χ3n) is 3.35. The summed E-state index contributed by atoms with van der Waals surface area (Å²) in [6.45, 7) is 1.33. The van der Waals surface area contributed by atoms with Gasteiger partial charge in [0.05, 0.1) is 31.1 Å². The molecule has 1 aliphatic rings. The van der Waals surface area contributed by atoms with Crippen LogP contribution in [0.25, 0.3) is 6.08 Å². The summed E-state index contributed by atoms with van der Waals surface area (Å²) in [6.07, 6.45) is 1.52. The number of benzene rings is 1. The number of aromatic hydroxyl groups is 1. The Morgan fingerprint density at radius 3 is 2.38 bits per heavy atom. The van der Waals surface area contributed by atoms with Gasteiger partial charge in [-0.1, -0.05) is 24.0 Å². The molecule has 1 atom stereocenters. The third kappa shape index (κ3) is 3.31. The first-order chi connectivity index (χ1) is 11.3. The standard InChI is InChI=1S/C15H15NO6S2/c1-7(14(19)20)16-13(18)11(24-15(16)23)6-8-4-9(21-2)12(17)10(5-8)22-3/h4-7,17H,1-3H3,(H,19,20)/p-1/b11-6-/t7-/m0/s1. The Bertz CT molecular complexity index is 720. The number of nitrogens with zero attached hydrogens (tertiary/aromatic N) is 1. The normalized spacial score (nSPS) is 17.3. The lowest BCUT2D eigenvalue weighted by atomic mass is 10.1. The number of hydrogen-bond donors (Lipinski definition) is 1. The molecule has 0 aliphatic carbocycles. The maximum absolute atomic E-state index is 12.4. The van der Waals surface area contributed by atoms with Crippen molar-refractivity contribution < 1.29 is 29.3 Å². The van der Waals surface area contributed by atoms with Gasteiger partial charge >= 0.3 is 0 Å². The van der Waals surface area contributed by atoms with E-state index in [1.54, 1.807) is 0 Å². The number of ether oxygens (including phenoxy) is 2. The molecular weight excluding hydrogens is 354 g/mol. The van der Waals surface area contributed by atoms with Crippen LogP contribution in [0.2, 0.25) is 0 Å². The summed E-state index contributed by atoms with van der Waals surface area (Å²) in [5, 5.41) is 20.9. The maximum Gasteiger partial charge on any atom is 0.266 e. The highest BCUT2D eigenvalue weighted by Crippen LogP contribution is 2.39. The van der Waals surface area contributed by atoms with Gasteiger partial charge in [0.2, 0.25) is 5.75 Å². The highest BCUT2D eigenvalue weighted by Gasteiger charge is 2.35. The number of thioether (sulfide) groups is 1. The van der Waals surface area contributed by atoms with Crippen LogP contribution in [-0.2, 0) is 9.59 Å². The van der Waals surface area contributed by atoms with Gasteiger partial charge in [-0.25, -0.2) is 0 Å². The fraction of sp³-hybridized carbons (Fsp3) is 0.267. The molecule has 0 spiro atoms. The molecule has 1 aromatic rings. The Morgan fingerprint density at radius 1 is 1.38 bits per heavy atom. The quantitative estimate of drug-likeness (QED) is 0.600. The highest BCUT2D eigenvalue weighted by atomic mass is 32.2. The molecule has 2 rings (SSSR count). The second kappa shape index (κ2) is 7.10. The first kappa shape index (κ1) is 18.1. The summed E-state index contributed by atoms with van der Waals surface area (Å²) in [6, 6.07) is 1.88. The number of thiocarbonyl (C=S) groups is 1. The lowest BCUT2D eigenvalue weighted by molar-refractivity contribution is -0.309. The van der Waals surface area contributed by atoms with Crippen molar-refractivity contribution in [3.8, 4) is 17.2 Å². The fourth-order valence-electron chi connectivity index (χ4n) is 2.07. The Kier molecular flexibility index (Phi) is 5.35. The van der Waals surface area contributed by atoms with Gasteiger partial charge < -0.3 is 24.5 Å². The molecule has 9 heteroatoms. The van der Waals surface area contributed by atoms with Crippen LogP contribution in [0.4, 0.5) is 0 Å².